The molecule has 0 fully saturated rings. The van der Waals surface area contributed by atoms with Crippen molar-refractivity contribution in [1.82, 2.24) is 15.0 Å². The molecule has 0 aliphatic rings. The molecule has 7 heteroatoms. The molecule has 6 aromatic rings. The lowest BCUT2D eigenvalue weighted by atomic mass is 9.96. The van der Waals surface area contributed by atoms with E-state index in [1.165, 1.54) is 38.9 Å². The van der Waals surface area contributed by atoms with Gasteiger partial charge < -0.3 is 4.90 Å². The van der Waals surface area contributed by atoms with Crippen molar-refractivity contribution < 1.29 is 9.59 Å². The van der Waals surface area contributed by atoms with Crippen molar-refractivity contribution in [2.45, 2.75) is 4.90 Å². The molecular formula is C31H24N4O2S. The van der Waals surface area contributed by atoms with Gasteiger partial charge in [-0.25, -0.2) is 9.78 Å². The predicted octanol–water partition coefficient (Wildman–Crippen LogP) is 6.91. The molecule has 0 atom stereocenters. The lowest BCUT2D eigenvalue weighted by molar-refractivity contribution is 0.0965. The number of carbonyl (C=O) groups is 2. The summed E-state index contributed by atoms with van der Waals surface area (Å²) >= 11 is 1.18. The number of carbonyl (C=O) groups excluding carboxylic acids is 2. The van der Waals surface area contributed by atoms with E-state index in [2.05, 4.69) is 81.8 Å². The number of aromatic nitrogens is 1. The van der Waals surface area contributed by atoms with Crippen LogP contribution in [0.1, 0.15) is 10.4 Å². The lowest BCUT2D eigenvalue weighted by Crippen LogP contribution is -2.37. The summed E-state index contributed by atoms with van der Waals surface area (Å²) < 4.78 is 2.75. The van der Waals surface area contributed by atoms with Crippen LogP contribution in [-0.4, -0.2) is 31.0 Å². The molecule has 38 heavy (non-hydrogen) atoms. The molecule has 0 bridgehead atoms. The lowest BCUT2D eigenvalue weighted by Gasteiger charge is -2.15. The Morgan fingerprint density at radius 2 is 1.34 bits per heavy atom. The number of anilines is 1. The Morgan fingerprint density at radius 1 is 0.711 bits per heavy atom. The Hall–Kier alpha value is -4.62. The van der Waals surface area contributed by atoms with Crippen molar-refractivity contribution in [2.75, 3.05) is 19.0 Å². The number of rotatable bonds is 4. The van der Waals surface area contributed by atoms with Crippen molar-refractivity contribution in [2.24, 2.45) is 0 Å². The van der Waals surface area contributed by atoms with E-state index in [0.29, 0.717) is 11.4 Å². The average molecular weight is 517 g/mol. The van der Waals surface area contributed by atoms with Crippen molar-refractivity contribution in [1.29, 1.82) is 0 Å². The van der Waals surface area contributed by atoms with Gasteiger partial charge in [0.1, 0.15) is 5.82 Å². The zero-order valence-electron chi connectivity index (χ0n) is 20.9. The van der Waals surface area contributed by atoms with Gasteiger partial charge in [0.05, 0.1) is 5.56 Å². The van der Waals surface area contributed by atoms with Crippen LogP contribution in [0, 0.1) is 0 Å². The number of hydrogen-bond acceptors (Lipinski definition) is 5. The maximum absolute atomic E-state index is 12.7. The van der Waals surface area contributed by atoms with Gasteiger partial charge in [0.25, 0.3) is 5.91 Å². The first-order valence-electron chi connectivity index (χ1n) is 12.2. The van der Waals surface area contributed by atoms with E-state index < -0.39 is 11.9 Å². The fourth-order valence-corrected chi connectivity index (χ4v) is 5.50. The van der Waals surface area contributed by atoms with E-state index in [-0.39, 0.29) is 0 Å². The predicted molar refractivity (Wildman–Crippen MR) is 157 cm³/mol. The van der Waals surface area contributed by atoms with E-state index in [0.717, 1.165) is 21.1 Å². The molecule has 2 N–H and O–H groups in total. The standard InChI is InChI=1S/C31H24N4O2S/c1-35(2)29-24(10-6-14-32-29)30(36)33-31(37)34-38-28-11-5-9-21-17-26-23(18-27(21)28)13-12-22-15-19-7-3-4-8-20(19)16-25(22)26/h3-18H,1-2H3,(H2,33,34,36,37). The fourth-order valence-electron chi connectivity index (χ4n) is 4.81. The highest BCUT2D eigenvalue weighted by Crippen LogP contribution is 2.35. The van der Waals surface area contributed by atoms with Crippen LogP contribution < -0.4 is 14.9 Å². The molecule has 1 heterocycles. The molecule has 6 rings (SSSR count). The maximum Gasteiger partial charge on any atom is 0.331 e. The molecule has 0 saturated heterocycles. The maximum atomic E-state index is 12.7. The largest absolute Gasteiger partial charge is 0.362 e. The summed E-state index contributed by atoms with van der Waals surface area (Å²) in [5.41, 5.74) is 0.328. The quantitative estimate of drug-likeness (QED) is 0.151. The molecule has 0 spiro atoms. The molecule has 0 radical (unpaired) electrons. The number of amides is 3. The molecule has 0 aliphatic carbocycles. The van der Waals surface area contributed by atoms with Crippen molar-refractivity contribution in [3.8, 4) is 0 Å². The van der Waals surface area contributed by atoms with Crippen LogP contribution in [0.25, 0.3) is 43.1 Å². The van der Waals surface area contributed by atoms with E-state index in [1.807, 2.05) is 12.1 Å². The van der Waals surface area contributed by atoms with Crippen LogP contribution in [0.3, 0.4) is 0 Å². The number of benzene rings is 5. The highest BCUT2D eigenvalue weighted by atomic mass is 32.2. The average Bonchev–Trinajstić information content (AvgIpc) is 2.94. The minimum atomic E-state index is -0.593. The zero-order valence-corrected chi connectivity index (χ0v) is 21.7. The van der Waals surface area contributed by atoms with Crippen molar-refractivity contribution in [3.63, 3.8) is 0 Å². The summed E-state index contributed by atoms with van der Waals surface area (Å²) in [6.07, 6.45) is 1.61. The van der Waals surface area contributed by atoms with Crippen molar-refractivity contribution in [3.05, 3.63) is 103 Å². The molecule has 5 aromatic carbocycles. The van der Waals surface area contributed by atoms with E-state index in [1.54, 1.807) is 37.3 Å². The number of urea groups is 1. The smallest absolute Gasteiger partial charge is 0.331 e. The molecule has 186 valence electrons. The molecule has 0 aliphatic heterocycles. The van der Waals surface area contributed by atoms with Crippen LogP contribution in [-0.2, 0) is 0 Å². The minimum Gasteiger partial charge on any atom is -0.362 e. The van der Waals surface area contributed by atoms with Gasteiger partial charge in [0.2, 0.25) is 0 Å². The number of fused-ring (bicyclic) bond motifs is 5. The van der Waals surface area contributed by atoms with Gasteiger partial charge in [-0.1, -0.05) is 48.5 Å². The Labute approximate surface area is 223 Å². The first-order valence-corrected chi connectivity index (χ1v) is 13.0. The normalized spacial score (nSPS) is 11.2. The van der Waals surface area contributed by atoms with Gasteiger partial charge in [-0.3, -0.25) is 14.8 Å². The first kappa shape index (κ1) is 23.8. The number of nitrogens with one attached hydrogen (secondary N) is 2. The second-order valence-electron chi connectivity index (χ2n) is 9.29. The number of imide groups is 1. The zero-order chi connectivity index (χ0) is 26.2. The third-order valence-corrected chi connectivity index (χ3v) is 7.46. The Kier molecular flexibility index (Phi) is 6.05. The SMILES string of the molecule is CN(C)c1ncccc1C(=O)NC(=O)NSc1cccc2cc3c(ccc4cc5ccccc5cc43)cc12. The topological polar surface area (TPSA) is 74.3 Å². The van der Waals surface area contributed by atoms with Crippen LogP contribution in [0.5, 0.6) is 0 Å². The summed E-state index contributed by atoms with van der Waals surface area (Å²) in [4.78, 5) is 32.1. The summed E-state index contributed by atoms with van der Waals surface area (Å²) in [5, 5.41) is 11.7. The van der Waals surface area contributed by atoms with Crippen molar-refractivity contribution >= 4 is 72.8 Å². The van der Waals surface area contributed by atoms with Crippen LogP contribution in [0.4, 0.5) is 10.6 Å². The third kappa shape index (κ3) is 4.37. The monoisotopic (exact) mass is 516 g/mol. The third-order valence-electron chi connectivity index (χ3n) is 6.60. The van der Waals surface area contributed by atoms with Gasteiger partial charge in [-0.05, 0) is 97.5 Å². The van der Waals surface area contributed by atoms with Gasteiger partial charge in [-0.15, -0.1) is 0 Å². The highest BCUT2D eigenvalue weighted by Gasteiger charge is 2.17. The van der Waals surface area contributed by atoms with Gasteiger partial charge >= 0.3 is 6.03 Å². The van der Waals surface area contributed by atoms with Gasteiger partial charge in [-0.2, -0.15) is 0 Å². The second-order valence-corrected chi connectivity index (χ2v) is 10.1. The molecule has 0 unspecified atom stereocenters. The molecule has 6 nitrogen and oxygen atoms in total. The summed E-state index contributed by atoms with van der Waals surface area (Å²) in [5.74, 6) is -0.0184. The highest BCUT2D eigenvalue weighted by molar-refractivity contribution is 7.98. The molecule has 3 amide bonds. The minimum absolute atomic E-state index is 0.328. The number of nitrogens with zero attached hydrogens (tertiary/aromatic N) is 2. The Balaban J connectivity index is 1.28. The number of hydrogen-bond donors (Lipinski definition) is 2. The summed E-state index contributed by atoms with van der Waals surface area (Å²) in [6, 6.07) is 30.3. The van der Waals surface area contributed by atoms with E-state index >= 15 is 0 Å². The summed E-state index contributed by atoms with van der Waals surface area (Å²) in [6.45, 7) is 0. The molecule has 1 aromatic heterocycles. The Morgan fingerprint density at radius 3 is 2.11 bits per heavy atom. The summed E-state index contributed by atoms with van der Waals surface area (Å²) in [7, 11) is 3.59. The second kappa shape index (κ2) is 9.68. The van der Waals surface area contributed by atoms with E-state index in [9.17, 15) is 9.59 Å². The number of pyridine rings is 1. The first-order chi connectivity index (χ1) is 18.5. The molecular weight excluding hydrogens is 492 g/mol. The van der Waals surface area contributed by atoms with Crippen LogP contribution >= 0.6 is 11.9 Å². The fraction of sp³-hybridized carbons (Fsp3) is 0.0645. The Bertz CT molecular complexity index is 1880. The van der Waals surface area contributed by atoms with Gasteiger partial charge in [0, 0.05) is 25.2 Å². The van der Waals surface area contributed by atoms with E-state index in [4.69, 9.17) is 0 Å². The molecule has 0 saturated carbocycles. The van der Waals surface area contributed by atoms with Gasteiger partial charge in [0.15, 0.2) is 0 Å². The van der Waals surface area contributed by atoms with Crippen LogP contribution in [0.15, 0.2) is 102 Å². The van der Waals surface area contributed by atoms with Crippen LogP contribution in [0.2, 0.25) is 0 Å².